The second-order valence-corrected chi connectivity index (χ2v) is 8.63. The molecule has 0 fully saturated rings. The maximum Gasteiger partial charge on any atom is 0.416 e. The van der Waals surface area contributed by atoms with Gasteiger partial charge in [0.05, 0.1) is 18.2 Å². The number of carbonyl (C=O) groups is 2. The van der Waals surface area contributed by atoms with Crippen LogP contribution in [0.15, 0.2) is 66.7 Å². The van der Waals surface area contributed by atoms with Gasteiger partial charge in [0.2, 0.25) is 0 Å². The van der Waals surface area contributed by atoms with Crippen LogP contribution in [0.4, 0.5) is 17.6 Å². The average Bonchev–Trinajstić information content (AvgIpc) is 2.81. The van der Waals surface area contributed by atoms with Crippen molar-refractivity contribution >= 4 is 11.9 Å². The third-order valence-corrected chi connectivity index (χ3v) is 6.40. The SMILES string of the molecule is C[C@]1(C(=O)O)c2ccccc2C(=O)N(Cc2cc(F)cc(C(F)(F)F)c2)[C@H]1c1ccc(CO)cc1. The van der Waals surface area contributed by atoms with Crippen molar-refractivity contribution in [2.24, 2.45) is 0 Å². The predicted molar refractivity (Wildman–Crippen MR) is 118 cm³/mol. The molecule has 0 unspecified atom stereocenters. The third-order valence-electron chi connectivity index (χ3n) is 6.40. The van der Waals surface area contributed by atoms with Gasteiger partial charge in [-0.1, -0.05) is 42.5 Å². The van der Waals surface area contributed by atoms with Crippen LogP contribution in [0.2, 0.25) is 0 Å². The smallest absolute Gasteiger partial charge is 0.416 e. The minimum absolute atomic E-state index is 0.105. The highest BCUT2D eigenvalue weighted by Crippen LogP contribution is 2.48. The van der Waals surface area contributed by atoms with Gasteiger partial charge in [0, 0.05) is 12.1 Å². The standard InChI is InChI=1S/C26H21F4NO4/c1-25(24(34)35)21-5-3-2-4-20(21)23(33)31(22(25)17-8-6-15(14-32)7-9-17)13-16-10-18(26(28,29)30)12-19(27)11-16/h2-12,22,32H,13-14H2,1H3,(H,34,35)/t22-,25-/m0/s1. The summed E-state index contributed by atoms with van der Waals surface area (Å²) in [5.74, 6) is -2.95. The molecule has 1 aliphatic heterocycles. The molecule has 1 heterocycles. The van der Waals surface area contributed by atoms with Crippen molar-refractivity contribution in [3.63, 3.8) is 0 Å². The molecular weight excluding hydrogens is 466 g/mol. The van der Waals surface area contributed by atoms with Gasteiger partial charge in [0.15, 0.2) is 0 Å². The van der Waals surface area contributed by atoms with Crippen LogP contribution in [0.5, 0.6) is 0 Å². The highest BCUT2D eigenvalue weighted by atomic mass is 19.4. The van der Waals surface area contributed by atoms with E-state index in [-0.39, 0.29) is 23.3 Å². The molecule has 0 spiro atoms. The Morgan fingerprint density at radius 2 is 1.69 bits per heavy atom. The van der Waals surface area contributed by atoms with Crippen LogP contribution in [0.25, 0.3) is 0 Å². The molecule has 0 aliphatic carbocycles. The van der Waals surface area contributed by atoms with Crippen LogP contribution in [0, 0.1) is 5.82 Å². The molecule has 35 heavy (non-hydrogen) atoms. The Morgan fingerprint density at radius 1 is 1.03 bits per heavy atom. The summed E-state index contributed by atoms with van der Waals surface area (Å²) >= 11 is 0. The van der Waals surface area contributed by atoms with Gasteiger partial charge >= 0.3 is 12.1 Å². The van der Waals surface area contributed by atoms with Crippen LogP contribution < -0.4 is 0 Å². The van der Waals surface area contributed by atoms with Crippen LogP contribution in [-0.2, 0) is 29.5 Å². The van der Waals surface area contributed by atoms with Crippen molar-refractivity contribution in [2.45, 2.75) is 37.7 Å². The van der Waals surface area contributed by atoms with Gasteiger partial charge in [-0.3, -0.25) is 9.59 Å². The molecule has 0 radical (unpaired) electrons. The number of fused-ring (bicyclic) bond motifs is 1. The van der Waals surface area contributed by atoms with Gasteiger partial charge in [-0.2, -0.15) is 13.2 Å². The first-order chi connectivity index (χ1) is 16.5. The lowest BCUT2D eigenvalue weighted by molar-refractivity contribution is -0.146. The van der Waals surface area contributed by atoms with E-state index in [0.29, 0.717) is 17.2 Å². The van der Waals surface area contributed by atoms with Gasteiger partial charge in [-0.25, -0.2) is 4.39 Å². The predicted octanol–water partition coefficient (Wildman–Crippen LogP) is 5.08. The number of benzene rings is 3. The van der Waals surface area contributed by atoms with Crippen LogP contribution in [0.1, 0.15) is 51.1 Å². The minimum atomic E-state index is -4.80. The number of aliphatic hydroxyl groups is 1. The lowest BCUT2D eigenvalue weighted by Crippen LogP contribution is -2.54. The number of carboxylic acids is 1. The molecule has 182 valence electrons. The monoisotopic (exact) mass is 487 g/mol. The Labute approximate surface area is 198 Å². The number of halogens is 4. The number of aliphatic hydroxyl groups excluding tert-OH is 1. The van der Waals surface area contributed by atoms with E-state index >= 15 is 0 Å². The first-order valence-electron chi connectivity index (χ1n) is 10.7. The van der Waals surface area contributed by atoms with E-state index in [4.69, 9.17) is 0 Å². The number of carboxylic acid groups (broad SMARTS) is 1. The van der Waals surface area contributed by atoms with Crippen molar-refractivity contribution < 1.29 is 37.4 Å². The van der Waals surface area contributed by atoms with Crippen molar-refractivity contribution in [3.8, 4) is 0 Å². The molecule has 0 saturated carbocycles. The van der Waals surface area contributed by atoms with E-state index in [0.717, 1.165) is 12.1 Å². The third kappa shape index (κ3) is 4.27. The van der Waals surface area contributed by atoms with Crippen molar-refractivity contribution in [2.75, 3.05) is 0 Å². The maximum absolute atomic E-state index is 14.1. The van der Waals surface area contributed by atoms with E-state index in [9.17, 15) is 37.4 Å². The summed E-state index contributed by atoms with van der Waals surface area (Å²) in [6.45, 7) is 0.740. The quantitative estimate of drug-likeness (QED) is 0.493. The first-order valence-corrected chi connectivity index (χ1v) is 10.7. The summed E-state index contributed by atoms with van der Waals surface area (Å²) in [5, 5.41) is 19.7. The van der Waals surface area contributed by atoms with Gasteiger partial charge in [-0.05, 0) is 53.4 Å². The number of nitrogens with zero attached hydrogens (tertiary/aromatic N) is 1. The molecule has 0 bridgehead atoms. The van der Waals surface area contributed by atoms with E-state index in [2.05, 4.69) is 0 Å². The van der Waals surface area contributed by atoms with Gasteiger partial charge < -0.3 is 15.1 Å². The summed E-state index contributed by atoms with van der Waals surface area (Å²) in [4.78, 5) is 27.5. The second-order valence-electron chi connectivity index (χ2n) is 8.63. The number of aliphatic carboxylic acids is 1. The lowest BCUT2D eigenvalue weighted by atomic mass is 9.68. The highest BCUT2D eigenvalue weighted by Gasteiger charge is 2.53. The number of amides is 1. The summed E-state index contributed by atoms with van der Waals surface area (Å²) in [6, 6.07) is 13.3. The number of rotatable bonds is 5. The molecule has 9 heteroatoms. The fraction of sp³-hybridized carbons (Fsp3) is 0.231. The fourth-order valence-corrected chi connectivity index (χ4v) is 4.67. The Kier molecular flexibility index (Phi) is 6.14. The van der Waals surface area contributed by atoms with E-state index in [1.807, 2.05) is 0 Å². The number of hydrogen-bond donors (Lipinski definition) is 2. The molecular formula is C26H21F4NO4. The van der Waals surface area contributed by atoms with Gasteiger partial charge in [-0.15, -0.1) is 0 Å². The summed E-state index contributed by atoms with van der Waals surface area (Å²) in [7, 11) is 0. The highest BCUT2D eigenvalue weighted by molar-refractivity contribution is 6.01. The molecule has 0 aromatic heterocycles. The van der Waals surface area contributed by atoms with Crippen molar-refractivity contribution in [1.82, 2.24) is 4.90 Å². The van der Waals surface area contributed by atoms with Crippen LogP contribution >= 0.6 is 0 Å². The van der Waals surface area contributed by atoms with Crippen LogP contribution in [-0.4, -0.2) is 27.0 Å². The summed E-state index contributed by atoms with van der Waals surface area (Å²) in [5.41, 5.74) is -1.68. The molecule has 2 N–H and O–H groups in total. The number of alkyl halides is 3. The molecule has 5 nitrogen and oxygen atoms in total. The van der Waals surface area contributed by atoms with Gasteiger partial charge in [0.1, 0.15) is 11.2 Å². The van der Waals surface area contributed by atoms with E-state index in [1.54, 1.807) is 36.4 Å². The molecule has 3 aromatic rings. The largest absolute Gasteiger partial charge is 0.481 e. The Hall–Kier alpha value is -3.72. The molecule has 3 aromatic carbocycles. The van der Waals surface area contributed by atoms with E-state index < -0.39 is 47.4 Å². The molecule has 1 aliphatic rings. The molecule has 4 rings (SSSR count). The van der Waals surface area contributed by atoms with Crippen molar-refractivity contribution in [3.05, 3.63) is 106 Å². The van der Waals surface area contributed by atoms with Gasteiger partial charge in [0.25, 0.3) is 5.91 Å². The lowest BCUT2D eigenvalue weighted by Gasteiger charge is -2.47. The van der Waals surface area contributed by atoms with Crippen molar-refractivity contribution in [1.29, 1.82) is 0 Å². The number of carbonyl (C=O) groups excluding carboxylic acids is 1. The van der Waals surface area contributed by atoms with E-state index in [1.165, 1.54) is 24.0 Å². The maximum atomic E-state index is 14.1. The normalized spacial score (nSPS) is 20.0. The zero-order valence-electron chi connectivity index (χ0n) is 18.5. The molecule has 2 atom stereocenters. The fourth-order valence-electron chi connectivity index (χ4n) is 4.67. The Morgan fingerprint density at radius 3 is 2.29 bits per heavy atom. The minimum Gasteiger partial charge on any atom is -0.481 e. The zero-order chi connectivity index (χ0) is 25.5. The van der Waals surface area contributed by atoms with Crippen LogP contribution in [0.3, 0.4) is 0 Å². The Balaban J connectivity index is 1.92. The molecule has 1 amide bonds. The summed E-state index contributed by atoms with van der Waals surface area (Å²) in [6.07, 6.45) is -4.80. The average molecular weight is 487 g/mol. The zero-order valence-corrected chi connectivity index (χ0v) is 18.5. The summed E-state index contributed by atoms with van der Waals surface area (Å²) < 4.78 is 54.0. The number of hydrogen-bond acceptors (Lipinski definition) is 3. The first kappa shape index (κ1) is 24.4. The second kappa shape index (κ2) is 8.81. The Bertz CT molecular complexity index is 1290. The molecule has 0 saturated heterocycles. The topological polar surface area (TPSA) is 77.8 Å².